The van der Waals surface area contributed by atoms with Gasteiger partial charge in [-0.25, -0.2) is 0 Å². The van der Waals surface area contributed by atoms with E-state index in [0.717, 1.165) is 18.1 Å². The number of aromatic nitrogens is 4. The predicted octanol–water partition coefficient (Wildman–Crippen LogP) is 1.97. The Labute approximate surface area is 153 Å². The van der Waals surface area contributed by atoms with Crippen LogP contribution in [0.25, 0.3) is 5.69 Å². The zero-order chi connectivity index (χ0) is 17.9. The average molecular weight is 354 g/mol. The van der Waals surface area contributed by atoms with Crippen LogP contribution in [-0.2, 0) is 0 Å². The lowest BCUT2D eigenvalue weighted by Gasteiger charge is -2.44. The number of rotatable bonds is 4. The number of nitrogens with zero attached hydrogens (tertiary/aromatic N) is 5. The van der Waals surface area contributed by atoms with Crippen LogP contribution in [0.1, 0.15) is 48.3 Å². The molecule has 1 aromatic carbocycles. The number of fused-ring (bicyclic) bond motifs is 1. The Morgan fingerprint density at radius 2 is 1.96 bits per heavy atom. The maximum Gasteiger partial charge on any atom is 0.251 e. The van der Waals surface area contributed by atoms with Gasteiger partial charge >= 0.3 is 0 Å². The van der Waals surface area contributed by atoms with Crippen LogP contribution in [0.3, 0.4) is 0 Å². The van der Waals surface area contributed by atoms with E-state index in [4.69, 9.17) is 0 Å². The van der Waals surface area contributed by atoms with Gasteiger partial charge in [-0.3, -0.25) is 4.79 Å². The standard InChI is InChI=1S/C19H26N6O/c1-14-21-22-23-25(14)17-9-7-15(8-10-17)19(26)20-13-16-5-4-12-24-11-3-2-6-18(16)24/h7-10,16,18H,2-6,11-13H2,1H3,(H,20,26)/t16-,18-/m0/s1. The van der Waals surface area contributed by atoms with Gasteiger partial charge in [0.25, 0.3) is 5.91 Å². The molecule has 3 heterocycles. The van der Waals surface area contributed by atoms with Gasteiger partial charge < -0.3 is 10.2 Å². The minimum atomic E-state index is -0.00193. The Bertz CT molecular complexity index is 754. The predicted molar refractivity (Wildman–Crippen MR) is 98.2 cm³/mol. The highest BCUT2D eigenvalue weighted by Gasteiger charge is 2.32. The van der Waals surface area contributed by atoms with Crippen molar-refractivity contribution in [3.63, 3.8) is 0 Å². The third kappa shape index (κ3) is 3.49. The Hall–Kier alpha value is -2.28. The quantitative estimate of drug-likeness (QED) is 0.908. The van der Waals surface area contributed by atoms with E-state index in [-0.39, 0.29) is 5.91 Å². The van der Waals surface area contributed by atoms with Crippen molar-refractivity contribution in [2.24, 2.45) is 5.92 Å². The van der Waals surface area contributed by atoms with E-state index in [9.17, 15) is 4.79 Å². The highest BCUT2D eigenvalue weighted by molar-refractivity contribution is 5.94. The van der Waals surface area contributed by atoms with E-state index in [1.807, 2.05) is 31.2 Å². The summed E-state index contributed by atoms with van der Waals surface area (Å²) < 4.78 is 1.65. The molecule has 2 fully saturated rings. The van der Waals surface area contributed by atoms with Crippen LogP contribution in [0.15, 0.2) is 24.3 Å². The molecule has 0 aliphatic carbocycles. The van der Waals surface area contributed by atoms with Crippen molar-refractivity contribution in [2.75, 3.05) is 19.6 Å². The van der Waals surface area contributed by atoms with Crippen LogP contribution in [0.5, 0.6) is 0 Å². The van der Waals surface area contributed by atoms with Crippen LogP contribution in [0, 0.1) is 12.8 Å². The molecule has 7 nitrogen and oxygen atoms in total. The molecule has 0 saturated carbocycles. The van der Waals surface area contributed by atoms with Gasteiger partial charge in [0.15, 0.2) is 5.82 Å². The van der Waals surface area contributed by atoms with Crippen molar-refractivity contribution < 1.29 is 4.79 Å². The molecule has 2 aliphatic heterocycles. The number of amides is 1. The second-order valence-electron chi connectivity index (χ2n) is 7.40. The zero-order valence-electron chi connectivity index (χ0n) is 15.3. The molecule has 2 aromatic rings. The van der Waals surface area contributed by atoms with Crippen molar-refractivity contribution in [1.82, 2.24) is 30.4 Å². The fraction of sp³-hybridized carbons (Fsp3) is 0.579. The summed E-state index contributed by atoms with van der Waals surface area (Å²) in [6, 6.07) is 8.07. The molecule has 0 unspecified atom stereocenters. The Balaban J connectivity index is 1.36. The first-order valence-electron chi connectivity index (χ1n) is 9.60. The van der Waals surface area contributed by atoms with Crippen molar-refractivity contribution in [3.05, 3.63) is 35.7 Å². The molecule has 4 rings (SSSR count). The second kappa shape index (κ2) is 7.53. The van der Waals surface area contributed by atoms with Gasteiger partial charge in [0.2, 0.25) is 0 Å². The minimum absolute atomic E-state index is 0.00193. The van der Waals surface area contributed by atoms with Crippen molar-refractivity contribution >= 4 is 5.91 Å². The molecule has 1 amide bonds. The highest BCUT2D eigenvalue weighted by atomic mass is 16.1. The van der Waals surface area contributed by atoms with Crippen LogP contribution in [-0.4, -0.2) is 56.7 Å². The van der Waals surface area contributed by atoms with Crippen LogP contribution < -0.4 is 5.32 Å². The molecule has 2 saturated heterocycles. The smallest absolute Gasteiger partial charge is 0.251 e. The molecule has 0 radical (unpaired) electrons. The summed E-state index contributed by atoms with van der Waals surface area (Å²) in [6.07, 6.45) is 6.39. The summed E-state index contributed by atoms with van der Waals surface area (Å²) in [5.41, 5.74) is 1.53. The SMILES string of the molecule is Cc1nnnn1-c1ccc(C(=O)NC[C@@H]2CCCN3CCCC[C@@H]23)cc1. The summed E-state index contributed by atoms with van der Waals surface area (Å²) in [7, 11) is 0. The van der Waals surface area contributed by atoms with Gasteiger partial charge in [-0.2, -0.15) is 4.68 Å². The number of carbonyl (C=O) groups excluding carboxylic acids is 1. The Morgan fingerprint density at radius 3 is 2.73 bits per heavy atom. The van der Waals surface area contributed by atoms with E-state index >= 15 is 0 Å². The van der Waals surface area contributed by atoms with Gasteiger partial charge in [-0.1, -0.05) is 6.42 Å². The molecule has 0 spiro atoms. The normalized spacial score (nSPS) is 23.4. The molecule has 7 heteroatoms. The molecular formula is C19H26N6O. The second-order valence-corrected chi connectivity index (χ2v) is 7.40. The number of piperidine rings is 2. The fourth-order valence-electron chi connectivity index (χ4n) is 4.37. The van der Waals surface area contributed by atoms with Crippen LogP contribution >= 0.6 is 0 Å². The monoisotopic (exact) mass is 354 g/mol. The minimum Gasteiger partial charge on any atom is -0.352 e. The van der Waals surface area contributed by atoms with Crippen molar-refractivity contribution in [3.8, 4) is 5.69 Å². The number of hydrogen-bond donors (Lipinski definition) is 1. The summed E-state index contributed by atoms with van der Waals surface area (Å²) in [5.74, 6) is 1.30. The summed E-state index contributed by atoms with van der Waals surface area (Å²) >= 11 is 0. The number of carbonyl (C=O) groups is 1. The van der Waals surface area contributed by atoms with Gasteiger partial charge in [-0.05, 0) is 86.3 Å². The van der Waals surface area contributed by atoms with Crippen LogP contribution in [0.2, 0.25) is 0 Å². The summed E-state index contributed by atoms with van der Waals surface area (Å²) in [4.78, 5) is 15.2. The maximum absolute atomic E-state index is 12.5. The number of benzene rings is 1. The first-order valence-corrected chi connectivity index (χ1v) is 9.60. The topological polar surface area (TPSA) is 75.9 Å². The van der Waals surface area contributed by atoms with Gasteiger partial charge in [-0.15, -0.1) is 5.10 Å². The summed E-state index contributed by atoms with van der Waals surface area (Å²) in [6.45, 7) is 5.08. The molecule has 2 aliphatic rings. The van der Waals surface area contributed by atoms with Crippen molar-refractivity contribution in [2.45, 2.75) is 45.1 Å². The lowest BCUT2D eigenvalue weighted by Crippen LogP contribution is -2.51. The molecular weight excluding hydrogens is 328 g/mol. The van der Waals surface area contributed by atoms with E-state index < -0.39 is 0 Å². The van der Waals surface area contributed by atoms with Gasteiger partial charge in [0.1, 0.15) is 0 Å². The van der Waals surface area contributed by atoms with E-state index in [2.05, 4.69) is 25.7 Å². The average Bonchev–Trinajstić information content (AvgIpc) is 3.12. The third-order valence-electron chi connectivity index (χ3n) is 5.75. The number of aryl methyl sites for hydroxylation is 1. The van der Waals surface area contributed by atoms with Gasteiger partial charge in [0.05, 0.1) is 5.69 Å². The number of nitrogens with one attached hydrogen (secondary N) is 1. The summed E-state index contributed by atoms with van der Waals surface area (Å²) in [5, 5.41) is 14.6. The molecule has 1 aromatic heterocycles. The highest BCUT2D eigenvalue weighted by Crippen LogP contribution is 2.30. The molecule has 26 heavy (non-hydrogen) atoms. The zero-order valence-corrected chi connectivity index (χ0v) is 15.3. The van der Waals surface area contributed by atoms with Gasteiger partial charge in [0, 0.05) is 18.2 Å². The lowest BCUT2D eigenvalue weighted by molar-refractivity contribution is 0.0575. The molecule has 0 bridgehead atoms. The van der Waals surface area contributed by atoms with E-state index in [0.29, 0.717) is 17.5 Å². The number of tetrazole rings is 1. The third-order valence-corrected chi connectivity index (χ3v) is 5.75. The van der Waals surface area contributed by atoms with E-state index in [1.54, 1.807) is 4.68 Å². The largest absolute Gasteiger partial charge is 0.352 e. The first-order chi connectivity index (χ1) is 12.7. The van der Waals surface area contributed by atoms with Crippen LogP contribution in [0.4, 0.5) is 0 Å². The lowest BCUT2D eigenvalue weighted by atomic mass is 9.83. The van der Waals surface area contributed by atoms with E-state index in [1.165, 1.54) is 45.2 Å². The Kier molecular flexibility index (Phi) is 4.97. The fourth-order valence-corrected chi connectivity index (χ4v) is 4.37. The number of hydrogen-bond acceptors (Lipinski definition) is 5. The molecule has 2 atom stereocenters. The Morgan fingerprint density at radius 1 is 1.15 bits per heavy atom. The first kappa shape index (κ1) is 17.1. The molecule has 138 valence electrons. The van der Waals surface area contributed by atoms with Crippen molar-refractivity contribution in [1.29, 1.82) is 0 Å². The molecule has 1 N–H and O–H groups in total. The maximum atomic E-state index is 12.5.